The quantitative estimate of drug-likeness (QED) is 0.750. The van der Waals surface area contributed by atoms with Gasteiger partial charge in [-0.2, -0.15) is 5.10 Å². The van der Waals surface area contributed by atoms with Crippen molar-refractivity contribution < 1.29 is 9.53 Å². The van der Waals surface area contributed by atoms with Crippen molar-refractivity contribution in [2.45, 2.75) is 13.5 Å². The van der Waals surface area contributed by atoms with Crippen LogP contribution in [0.2, 0.25) is 0 Å². The molecule has 0 aliphatic rings. The van der Waals surface area contributed by atoms with Crippen LogP contribution < -0.4 is 4.74 Å². The van der Waals surface area contributed by atoms with E-state index < -0.39 is 0 Å². The average Bonchev–Trinajstić information content (AvgIpc) is 2.72. The fourth-order valence-electron chi connectivity index (χ4n) is 1.48. The summed E-state index contributed by atoms with van der Waals surface area (Å²) in [5.74, 6) is 1.27. The summed E-state index contributed by atoms with van der Waals surface area (Å²) in [6, 6.07) is 7.16. The normalized spacial score (nSPS) is 10.2. The molecular formula is C12H13N3O2. The van der Waals surface area contributed by atoms with Crippen LogP contribution in [0.15, 0.2) is 30.6 Å². The Labute approximate surface area is 99.1 Å². The first-order valence-corrected chi connectivity index (χ1v) is 5.24. The van der Waals surface area contributed by atoms with Gasteiger partial charge in [0.1, 0.15) is 18.7 Å². The Hall–Kier alpha value is -2.17. The molecule has 0 saturated heterocycles. The molecule has 0 aliphatic carbocycles. The van der Waals surface area contributed by atoms with Gasteiger partial charge in [0.2, 0.25) is 0 Å². The number of carbonyl (C=O) groups is 1. The van der Waals surface area contributed by atoms with Gasteiger partial charge in [-0.3, -0.25) is 9.48 Å². The van der Waals surface area contributed by atoms with Crippen molar-refractivity contribution >= 4 is 5.78 Å². The number of ether oxygens (including phenoxy) is 1. The Kier molecular flexibility index (Phi) is 3.18. The van der Waals surface area contributed by atoms with Crippen LogP contribution in [0.3, 0.4) is 0 Å². The molecule has 0 bridgehead atoms. The summed E-state index contributed by atoms with van der Waals surface area (Å²) >= 11 is 0. The fraction of sp³-hybridized carbons (Fsp3) is 0.250. The summed E-state index contributed by atoms with van der Waals surface area (Å²) in [5, 5.41) is 3.95. The molecule has 0 unspecified atom stereocenters. The van der Waals surface area contributed by atoms with Crippen molar-refractivity contribution in [2.75, 3.05) is 0 Å². The van der Waals surface area contributed by atoms with Crippen molar-refractivity contribution in [3.63, 3.8) is 0 Å². The predicted molar refractivity (Wildman–Crippen MR) is 61.8 cm³/mol. The third-order valence-electron chi connectivity index (χ3n) is 2.43. The third-order valence-corrected chi connectivity index (χ3v) is 2.43. The van der Waals surface area contributed by atoms with E-state index in [1.807, 2.05) is 12.1 Å². The van der Waals surface area contributed by atoms with Gasteiger partial charge in [0, 0.05) is 7.05 Å². The molecule has 0 saturated carbocycles. The highest BCUT2D eigenvalue weighted by atomic mass is 16.5. The fourth-order valence-corrected chi connectivity index (χ4v) is 1.48. The van der Waals surface area contributed by atoms with E-state index in [1.165, 1.54) is 13.3 Å². The molecule has 0 spiro atoms. The molecule has 0 N–H and O–H groups in total. The summed E-state index contributed by atoms with van der Waals surface area (Å²) in [6.07, 6.45) is 1.47. The Balaban J connectivity index is 2.14. The van der Waals surface area contributed by atoms with E-state index in [4.69, 9.17) is 4.74 Å². The van der Waals surface area contributed by atoms with Crippen LogP contribution in [0.25, 0.3) is 0 Å². The lowest BCUT2D eigenvalue weighted by molar-refractivity contribution is 0.101. The second-order valence-electron chi connectivity index (χ2n) is 3.64. The Morgan fingerprint density at radius 2 is 2.18 bits per heavy atom. The van der Waals surface area contributed by atoms with Gasteiger partial charge in [0.05, 0.1) is 5.56 Å². The molecule has 0 atom stereocenters. The maximum Gasteiger partial charge on any atom is 0.164 e. The smallest absolute Gasteiger partial charge is 0.164 e. The summed E-state index contributed by atoms with van der Waals surface area (Å²) in [5.41, 5.74) is 0.578. The average molecular weight is 231 g/mol. The number of aryl methyl sites for hydroxylation is 1. The lowest BCUT2D eigenvalue weighted by Gasteiger charge is -2.08. The maximum atomic E-state index is 11.4. The number of nitrogens with zero attached hydrogens (tertiary/aromatic N) is 3. The first kappa shape index (κ1) is 11.3. The highest BCUT2D eigenvalue weighted by Crippen LogP contribution is 2.19. The molecule has 1 aromatic carbocycles. The number of benzene rings is 1. The van der Waals surface area contributed by atoms with Crippen molar-refractivity contribution in [1.82, 2.24) is 14.8 Å². The maximum absolute atomic E-state index is 11.4. The largest absolute Gasteiger partial charge is 0.485 e. The number of aromatic nitrogens is 3. The highest BCUT2D eigenvalue weighted by molar-refractivity contribution is 5.96. The van der Waals surface area contributed by atoms with Crippen LogP contribution in [0, 0.1) is 0 Å². The van der Waals surface area contributed by atoms with Crippen LogP contribution in [0.1, 0.15) is 23.1 Å². The van der Waals surface area contributed by atoms with Gasteiger partial charge in [0.15, 0.2) is 11.6 Å². The summed E-state index contributed by atoms with van der Waals surface area (Å²) in [4.78, 5) is 15.4. The van der Waals surface area contributed by atoms with Crippen molar-refractivity contribution in [2.24, 2.45) is 7.05 Å². The SMILES string of the molecule is CC(=O)c1ccccc1OCc1ncnn1C. The Morgan fingerprint density at radius 3 is 2.82 bits per heavy atom. The van der Waals surface area contributed by atoms with E-state index in [1.54, 1.807) is 23.9 Å². The summed E-state index contributed by atoms with van der Waals surface area (Å²) in [7, 11) is 1.79. The van der Waals surface area contributed by atoms with E-state index in [0.717, 1.165) is 0 Å². The summed E-state index contributed by atoms with van der Waals surface area (Å²) in [6.45, 7) is 1.81. The summed E-state index contributed by atoms with van der Waals surface area (Å²) < 4.78 is 7.21. The molecule has 17 heavy (non-hydrogen) atoms. The highest BCUT2D eigenvalue weighted by Gasteiger charge is 2.08. The molecule has 2 rings (SSSR count). The first-order valence-electron chi connectivity index (χ1n) is 5.24. The van der Waals surface area contributed by atoms with Gasteiger partial charge in [-0.25, -0.2) is 4.98 Å². The Bertz CT molecular complexity index is 534. The number of rotatable bonds is 4. The number of ketones is 1. The lowest BCUT2D eigenvalue weighted by Crippen LogP contribution is -2.06. The molecular weight excluding hydrogens is 218 g/mol. The predicted octanol–water partition coefficient (Wildman–Crippen LogP) is 1.60. The molecule has 0 amide bonds. The topological polar surface area (TPSA) is 57.0 Å². The van der Waals surface area contributed by atoms with E-state index in [2.05, 4.69) is 10.1 Å². The second-order valence-corrected chi connectivity index (χ2v) is 3.64. The number of hydrogen-bond acceptors (Lipinski definition) is 4. The molecule has 1 heterocycles. The van der Waals surface area contributed by atoms with Crippen molar-refractivity contribution in [3.8, 4) is 5.75 Å². The van der Waals surface area contributed by atoms with E-state index in [-0.39, 0.29) is 5.78 Å². The van der Waals surface area contributed by atoms with Gasteiger partial charge in [0.25, 0.3) is 0 Å². The van der Waals surface area contributed by atoms with Crippen LogP contribution in [-0.4, -0.2) is 20.5 Å². The van der Waals surface area contributed by atoms with Gasteiger partial charge < -0.3 is 4.74 Å². The van der Waals surface area contributed by atoms with Crippen LogP contribution in [0.5, 0.6) is 5.75 Å². The zero-order valence-electron chi connectivity index (χ0n) is 9.75. The Morgan fingerprint density at radius 1 is 1.41 bits per heavy atom. The molecule has 2 aromatic rings. The van der Waals surface area contributed by atoms with E-state index >= 15 is 0 Å². The molecule has 0 aliphatic heterocycles. The third kappa shape index (κ3) is 2.50. The van der Waals surface area contributed by atoms with Gasteiger partial charge in [-0.15, -0.1) is 0 Å². The molecule has 88 valence electrons. The molecule has 0 fully saturated rings. The van der Waals surface area contributed by atoms with Crippen LogP contribution >= 0.6 is 0 Å². The minimum atomic E-state index is -0.0152. The first-order chi connectivity index (χ1) is 8.18. The van der Waals surface area contributed by atoms with Crippen molar-refractivity contribution in [1.29, 1.82) is 0 Å². The standard InChI is InChI=1S/C12H13N3O2/c1-9(16)10-5-3-4-6-11(10)17-7-12-13-8-14-15(12)2/h3-6,8H,7H2,1-2H3. The lowest BCUT2D eigenvalue weighted by atomic mass is 10.1. The zero-order valence-corrected chi connectivity index (χ0v) is 9.75. The zero-order chi connectivity index (χ0) is 12.3. The van der Waals surface area contributed by atoms with Crippen LogP contribution in [0.4, 0.5) is 0 Å². The van der Waals surface area contributed by atoms with Gasteiger partial charge in [-0.05, 0) is 19.1 Å². The van der Waals surface area contributed by atoms with Gasteiger partial charge in [-0.1, -0.05) is 12.1 Å². The number of hydrogen-bond donors (Lipinski definition) is 0. The van der Waals surface area contributed by atoms with Crippen LogP contribution in [-0.2, 0) is 13.7 Å². The van der Waals surface area contributed by atoms with Gasteiger partial charge >= 0.3 is 0 Å². The number of para-hydroxylation sites is 1. The number of carbonyl (C=O) groups excluding carboxylic acids is 1. The van der Waals surface area contributed by atoms with E-state index in [0.29, 0.717) is 23.7 Å². The van der Waals surface area contributed by atoms with Crippen molar-refractivity contribution in [3.05, 3.63) is 42.0 Å². The second kappa shape index (κ2) is 4.78. The molecule has 5 heteroatoms. The number of Topliss-reactive ketones (excluding diaryl/α,β-unsaturated/α-hetero) is 1. The minimum absolute atomic E-state index is 0.0152. The molecule has 1 aromatic heterocycles. The molecule has 5 nitrogen and oxygen atoms in total. The van der Waals surface area contributed by atoms with E-state index in [9.17, 15) is 4.79 Å². The minimum Gasteiger partial charge on any atom is -0.485 e. The monoisotopic (exact) mass is 231 g/mol. The molecule has 0 radical (unpaired) electrons.